The third-order valence-electron chi connectivity index (χ3n) is 7.23. The van der Waals surface area contributed by atoms with Crippen molar-refractivity contribution in [2.24, 2.45) is 40.9 Å². The topological polar surface area (TPSA) is 0 Å². The maximum absolute atomic E-state index is 2.63. The van der Waals surface area contributed by atoms with Crippen molar-refractivity contribution in [3.8, 4) is 0 Å². The predicted molar refractivity (Wildman–Crippen MR) is 112 cm³/mol. The zero-order valence-electron chi connectivity index (χ0n) is 18.9. The molecular weight excluding hydrogens is 288 g/mol. The average molecular weight is 339 g/mol. The molecule has 0 heteroatoms. The van der Waals surface area contributed by atoms with Gasteiger partial charge in [0.05, 0.1) is 0 Å². The van der Waals surface area contributed by atoms with E-state index in [1.807, 2.05) is 0 Å². The van der Waals surface area contributed by atoms with E-state index >= 15 is 0 Å². The van der Waals surface area contributed by atoms with Gasteiger partial charge in [0.15, 0.2) is 0 Å². The minimum absolute atomic E-state index is 0.463. The molecule has 146 valence electrons. The molecule has 0 spiro atoms. The zero-order valence-corrected chi connectivity index (χ0v) is 18.9. The summed E-state index contributed by atoms with van der Waals surface area (Å²) in [5, 5.41) is 0. The maximum Gasteiger partial charge on any atom is -0.0246 e. The molecule has 0 aliphatic carbocycles. The third kappa shape index (κ3) is 7.09. The van der Waals surface area contributed by atoms with E-state index < -0.39 is 0 Å². The van der Waals surface area contributed by atoms with Crippen LogP contribution in [0.3, 0.4) is 0 Å². The molecule has 0 heterocycles. The normalized spacial score (nSPS) is 20.0. The number of rotatable bonds is 13. The van der Waals surface area contributed by atoms with Crippen molar-refractivity contribution in [2.45, 2.75) is 114 Å². The van der Waals surface area contributed by atoms with Gasteiger partial charge in [0.2, 0.25) is 0 Å². The van der Waals surface area contributed by atoms with Crippen molar-refractivity contribution in [1.29, 1.82) is 0 Å². The molecule has 0 aliphatic rings. The first kappa shape index (κ1) is 24.0. The van der Waals surface area contributed by atoms with E-state index in [2.05, 4.69) is 69.2 Å². The van der Waals surface area contributed by atoms with E-state index in [0.717, 1.165) is 35.5 Å². The smallest absolute Gasteiger partial charge is 0.0246 e. The summed E-state index contributed by atoms with van der Waals surface area (Å²) in [7, 11) is 0. The van der Waals surface area contributed by atoms with Crippen LogP contribution in [-0.2, 0) is 0 Å². The molecule has 0 aliphatic heterocycles. The van der Waals surface area contributed by atoms with Crippen LogP contribution < -0.4 is 0 Å². The van der Waals surface area contributed by atoms with Crippen molar-refractivity contribution < 1.29 is 0 Å². The van der Waals surface area contributed by atoms with Gasteiger partial charge in [-0.3, -0.25) is 0 Å². The van der Waals surface area contributed by atoms with Gasteiger partial charge in [0.25, 0.3) is 0 Å². The molecule has 0 N–H and O–H groups in total. The molecule has 0 saturated carbocycles. The lowest BCUT2D eigenvalue weighted by atomic mass is 9.55. The number of hydrogen-bond acceptors (Lipinski definition) is 0. The first-order valence-electron chi connectivity index (χ1n) is 11.1. The molecule has 0 aromatic carbocycles. The van der Waals surface area contributed by atoms with Crippen LogP contribution in [0.15, 0.2) is 0 Å². The van der Waals surface area contributed by atoms with E-state index in [9.17, 15) is 0 Å². The second-order valence-corrected chi connectivity index (χ2v) is 9.88. The molecule has 24 heavy (non-hydrogen) atoms. The Bertz CT molecular complexity index is 303. The van der Waals surface area contributed by atoms with Crippen LogP contribution in [0.2, 0.25) is 0 Å². The molecule has 0 aromatic heterocycles. The third-order valence-corrected chi connectivity index (χ3v) is 7.23. The summed E-state index contributed by atoms with van der Waals surface area (Å²) < 4.78 is 0. The Balaban J connectivity index is 5.42. The molecule has 0 nitrogen and oxygen atoms in total. The first-order valence-corrected chi connectivity index (χ1v) is 11.1. The van der Waals surface area contributed by atoms with Crippen molar-refractivity contribution in [3.05, 3.63) is 0 Å². The van der Waals surface area contributed by atoms with Gasteiger partial charge in [-0.2, -0.15) is 0 Å². The van der Waals surface area contributed by atoms with Crippen LogP contribution in [0.5, 0.6) is 0 Å². The Morgan fingerprint density at radius 2 is 1.38 bits per heavy atom. The van der Waals surface area contributed by atoms with Gasteiger partial charge in [0, 0.05) is 0 Å². The van der Waals surface area contributed by atoms with E-state index in [1.165, 1.54) is 44.9 Å². The highest BCUT2D eigenvalue weighted by Crippen LogP contribution is 2.51. The molecule has 5 unspecified atom stereocenters. The van der Waals surface area contributed by atoms with Crippen LogP contribution >= 0.6 is 0 Å². The molecule has 0 saturated heterocycles. The fraction of sp³-hybridized carbons (Fsp3) is 1.00. The maximum atomic E-state index is 2.63. The predicted octanol–water partition coefficient (Wildman–Crippen LogP) is 8.60. The number of unbranched alkanes of at least 4 members (excludes halogenated alkanes) is 2. The van der Waals surface area contributed by atoms with Gasteiger partial charge >= 0.3 is 0 Å². The second-order valence-electron chi connectivity index (χ2n) is 9.88. The summed E-state index contributed by atoms with van der Waals surface area (Å²) in [4.78, 5) is 0. The Morgan fingerprint density at radius 3 is 1.79 bits per heavy atom. The number of hydrogen-bond donors (Lipinski definition) is 0. The zero-order chi connectivity index (χ0) is 18.9. The van der Waals surface area contributed by atoms with Crippen molar-refractivity contribution >= 4 is 0 Å². The summed E-state index contributed by atoms with van der Waals surface area (Å²) in [5.74, 6) is 4.94. The molecule has 0 radical (unpaired) electrons. The summed E-state index contributed by atoms with van der Waals surface area (Å²) in [6, 6.07) is 0. The quantitative estimate of drug-likeness (QED) is 0.295. The highest BCUT2D eigenvalue weighted by Gasteiger charge is 2.43. The molecule has 0 fully saturated rings. The first-order chi connectivity index (χ1) is 11.1. The van der Waals surface area contributed by atoms with Crippen LogP contribution in [-0.4, -0.2) is 0 Å². The molecular formula is C24H50. The van der Waals surface area contributed by atoms with Crippen molar-refractivity contribution in [2.75, 3.05) is 0 Å². The van der Waals surface area contributed by atoms with Crippen molar-refractivity contribution in [3.63, 3.8) is 0 Å². The van der Waals surface area contributed by atoms with Gasteiger partial charge in [0.1, 0.15) is 0 Å². The fourth-order valence-corrected chi connectivity index (χ4v) is 4.95. The lowest BCUT2D eigenvalue weighted by Gasteiger charge is -2.50. The minimum Gasteiger partial charge on any atom is -0.0654 e. The largest absolute Gasteiger partial charge is 0.0654 e. The van der Waals surface area contributed by atoms with Gasteiger partial charge in [-0.25, -0.2) is 0 Å². The molecule has 0 bridgehead atoms. The molecule has 5 atom stereocenters. The van der Waals surface area contributed by atoms with Gasteiger partial charge in [-0.05, 0) is 53.8 Å². The Hall–Kier alpha value is 0. The summed E-state index contributed by atoms with van der Waals surface area (Å²) in [6.07, 6.45) is 9.67. The van der Waals surface area contributed by atoms with Gasteiger partial charge in [-0.15, -0.1) is 0 Å². The highest BCUT2D eigenvalue weighted by atomic mass is 14.5. The monoisotopic (exact) mass is 338 g/mol. The Labute approximate surface area is 155 Å². The van der Waals surface area contributed by atoms with E-state index in [0.29, 0.717) is 5.41 Å². The van der Waals surface area contributed by atoms with E-state index in [4.69, 9.17) is 0 Å². The van der Waals surface area contributed by atoms with Crippen LogP contribution in [0.25, 0.3) is 0 Å². The Morgan fingerprint density at radius 1 is 0.792 bits per heavy atom. The van der Waals surface area contributed by atoms with E-state index in [1.54, 1.807) is 0 Å². The summed E-state index contributed by atoms with van der Waals surface area (Å²) in [5.41, 5.74) is 0.463. The highest BCUT2D eigenvalue weighted by molar-refractivity contribution is 4.92. The summed E-state index contributed by atoms with van der Waals surface area (Å²) in [6.45, 7) is 24.7. The minimum atomic E-state index is 0.463. The van der Waals surface area contributed by atoms with Gasteiger partial charge < -0.3 is 0 Å². The molecule has 0 amide bonds. The lowest BCUT2D eigenvalue weighted by Crippen LogP contribution is -2.43. The Kier molecular flexibility index (Phi) is 11.6. The van der Waals surface area contributed by atoms with Crippen LogP contribution in [0.4, 0.5) is 0 Å². The summed E-state index contributed by atoms with van der Waals surface area (Å²) >= 11 is 0. The van der Waals surface area contributed by atoms with Crippen LogP contribution in [0.1, 0.15) is 114 Å². The molecule has 0 rings (SSSR count). The van der Waals surface area contributed by atoms with E-state index in [-0.39, 0.29) is 0 Å². The standard InChI is InChI=1S/C24H50/c1-11-13-14-15-22(9)24(10,19(5)6)23(16-18(3)4)21(8)17-20(7)12-2/h18-23H,11-17H2,1-10H3. The van der Waals surface area contributed by atoms with Crippen LogP contribution in [0, 0.1) is 40.9 Å². The second kappa shape index (κ2) is 11.6. The van der Waals surface area contributed by atoms with Crippen molar-refractivity contribution in [1.82, 2.24) is 0 Å². The SMILES string of the molecule is CCCCCC(C)C(C)(C(C)C)C(CC(C)C)C(C)CC(C)CC. The van der Waals surface area contributed by atoms with Gasteiger partial charge in [-0.1, -0.05) is 101 Å². The molecule has 0 aromatic rings. The lowest BCUT2D eigenvalue weighted by molar-refractivity contribution is -0.00933. The fourth-order valence-electron chi connectivity index (χ4n) is 4.95. The average Bonchev–Trinajstić information content (AvgIpc) is 2.51.